The largest absolute Gasteiger partial charge is 0.310 e. The van der Waals surface area contributed by atoms with Crippen LogP contribution in [-0.2, 0) is 16.0 Å². The molecule has 1 aliphatic carbocycles. The minimum Gasteiger partial charge on any atom is -0.310 e. The van der Waals surface area contributed by atoms with E-state index < -0.39 is 5.66 Å². The summed E-state index contributed by atoms with van der Waals surface area (Å²) in [7, 11) is 0. The van der Waals surface area contributed by atoms with Crippen LogP contribution in [0.25, 0.3) is 0 Å². The second kappa shape index (κ2) is 9.74. The summed E-state index contributed by atoms with van der Waals surface area (Å²) in [6.07, 6.45) is 10.3. The summed E-state index contributed by atoms with van der Waals surface area (Å²) in [4.78, 5) is 41.8. The predicted octanol–water partition coefficient (Wildman–Crippen LogP) is 4.79. The van der Waals surface area contributed by atoms with Gasteiger partial charge in [0.05, 0.1) is 12.5 Å². The van der Waals surface area contributed by atoms with Crippen molar-refractivity contribution in [3.8, 4) is 11.8 Å². The van der Waals surface area contributed by atoms with Crippen molar-refractivity contribution in [1.82, 2.24) is 14.9 Å². The molecule has 1 fully saturated rings. The number of nitrogens with zero attached hydrogens (tertiary/aromatic N) is 4. The molecule has 0 saturated heterocycles. The molecule has 0 bridgehead atoms. The molecule has 2 aliphatic heterocycles. The number of aryl methyl sites for hydroxylation is 1. The average molecular weight is 498 g/mol. The molecule has 1 spiro atoms. The molecule has 3 aliphatic rings. The van der Waals surface area contributed by atoms with Gasteiger partial charge >= 0.3 is 0 Å². The minimum atomic E-state index is -0.449. The van der Waals surface area contributed by atoms with E-state index in [2.05, 4.69) is 47.9 Å². The van der Waals surface area contributed by atoms with Crippen molar-refractivity contribution in [3.63, 3.8) is 0 Å². The van der Waals surface area contributed by atoms with Crippen LogP contribution in [-0.4, -0.2) is 44.6 Å². The molecule has 4 heterocycles. The third kappa shape index (κ3) is 4.90. The Kier molecular flexibility index (Phi) is 6.61. The maximum absolute atomic E-state index is 13.4. The van der Waals surface area contributed by atoms with Crippen molar-refractivity contribution in [1.29, 1.82) is 0 Å². The molecule has 0 aromatic carbocycles. The molecule has 7 nitrogen and oxygen atoms in total. The number of hydrogen-bond acceptors (Lipinski definition) is 5. The van der Waals surface area contributed by atoms with Gasteiger partial charge in [-0.2, -0.15) is 0 Å². The summed E-state index contributed by atoms with van der Waals surface area (Å²) in [5.41, 5.74) is 3.52. The van der Waals surface area contributed by atoms with Gasteiger partial charge in [-0.1, -0.05) is 51.5 Å². The van der Waals surface area contributed by atoms with Crippen LogP contribution in [0.2, 0.25) is 0 Å². The number of aliphatic imine (C=N–C) groups is 1. The number of amides is 2. The smallest absolute Gasteiger partial charge is 0.271 e. The Morgan fingerprint density at radius 2 is 1.89 bits per heavy atom. The van der Waals surface area contributed by atoms with Gasteiger partial charge in [-0.05, 0) is 50.3 Å². The highest BCUT2D eigenvalue weighted by Crippen LogP contribution is 2.40. The van der Waals surface area contributed by atoms with Crippen molar-refractivity contribution < 1.29 is 9.59 Å². The zero-order valence-electron chi connectivity index (χ0n) is 22.2. The zero-order chi connectivity index (χ0) is 26.2. The highest BCUT2D eigenvalue weighted by atomic mass is 16.2. The summed E-state index contributed by atoms with van der Waals surface area (Å²) < 4.78 is 0. The topological polar surface area (TPSA) is 87.5 Å². The number of anilines is 1. The summed E-state index contributed by atoms with van der Waals surface area (Å²) in [6.45, 7) is 8.53. The molecule has 2 aromatic rings. The first-order chi connectivity index (χ1) is 17.7. The number of aromatic nitrogens is 2. The lowest BCUT2D eigenvalue weighted by atomic mass is 9.89. The average Bonchev–Trinajstić information content (AvgIpc) is 3.18. The van der Waals surface area contributed by atoms with Crippen LogP contribution in [0.5, 0.6) is 0 Å². The quantitative estimate of drug-likeness (QED) is 0.618. The van der Waals surface area contributed by atoms with Gasteiger partial charge in [-0.3, -0.25) is 19.6 Å². The van der Waals surface area contributed by atoms with Gasteiger partial charge in [0.1, 0.15) is 17.2 Å². The third-order valence-corrected chi connectivity index (χ3v) is 7.71. The van der Waals surface area contributed by atoms with E-state index in [0.29, 0.717) is 24.5 Å². The second-order valence-corrected chi connectivity index (χ2v) is 11.5. The van der Waals surface area contributed by atoms with Crippen LogP contribution >= 0.6 is 0 Å². The van der Waals surface area contributed by atoms with Gasteiger partial charge in [0.25, 0.3) is 5.91 Å². The first kappa shape index (κ1) is 25.1. The number of carbonyl (C=O) groups excluding carboxylic acids is 2. The Bertz CT molecular complexity index is 1320. The molecular weight excluding hydrogens is 462 g/mol. The molecule has 192 valence electrons. The van der Waals surface area contributed by atoms with E-state index >= 15 is 0 Å². The molecular formula is C30H35N5O2. The van der Waals surface area contributed by atoms with E-state index in [4.69, 9.17) is 4.99 Å². The maximum atomic E-state index is 13.4. The molecule has 2 amide bonds. The first-order valence-electron chi connectivity index (χ1n) is 13.3. The molecule has 1 N–H and O–H groups in total. The fourth-order valence-corrected chi connectivity index (χ4v) is 5.67. The molecule has 0 radical (unpaired) electrons. The summed E-state index contributed by atoms with van der Waals surface area (Å²) in [5, 5.41) is 2.86. The van der Waals surface area contributed by atoms with E-state index in [1.54, 1.807) is 12.4 Å². The maximum Gasteiger partial charge on any atom is 0.271 e. The SMILES string of the molecule is Cc1cc(C#CCN2C(=O)C(C(C)(C)C)=NC23CCCCCC3)cnc1C[C@@H]1C(=O)Nc2ncccc21. The fraction of sp³-hybridized carbons (Fsp3) is 0.500. The van der Waals surface area contributed by atoms with E-state index in [1.165, 1.54) is 12.8 Å². The number of fused-ring (bicyclic) bond motifs is 1. The van der Waals surface area contributed by atoms with Crippen LogP contribution in [0.1, 0.15) is 87.6 Å². The predicted molar refractivity (Wildman–Crippen MR) is 144 cm³/mol. The van der Waals surface area contributed by atoms with Crippen LogP contribution in [0.3, 0.4) is 0 Å². The second-order valence-electron chi connectivity index (χ2n) is 11.5. The van der Waals surface area contributed by atoms with E-state index in [9.17, 15) is 9.59 Å². The van der Waals surface area contributed by atoms with Crippen molar-refractivity contribution in [2.24, 2.45) is 10.4 Å². The number of nitrogens with one attached hydrogen (secondary N) is 1. The van der Waals surface area contributed by atoms with E-state index in [0.717, 1.165) is 48.1 Å². The number of hydrogen-bond donors (Lipinski definition) is 1. The van der Waals surface area contributed by atoms with Gasteiger partial charge in [0, 0.05) is 41.1 Å². The fourth-order valence-electron chi connectivity index (χ4n) is 5.67. The lowest BCUT2D eigenvalue weighted by Gasteiger charge is -2.34. The summed E-state index contributed by atoms with van der Waals surface area (Å²) in [5.74, 6) is 6.80. The Hall–Kier alpha value is -3.53. The highest BCUT2D eigenvalue weighted by molar-refractivity contribution is 6.42. The Morgan fingerprint density at radius 3 is 2.59 bits per heavy atom. The van der Waals surface area contributed by atoms with Gasteiger partial charge in [-0.15, -0.1) is 0 Å². The monoisotopic (exact) mass is 497 g/mol. The zero-order valence-corrected chi connectivity index (χ0v) is 22.2. The number of carbonyl (C=O) groups is 2. The van der Waals surface area contributed by atoms with Crippen LogP contribution < -0.4 is 5.32 Å². The van der Waals surface area contributed by atoms with Gasteiger partial charge in [0.15, 0.2) is 0 Å². The molecule has 1 atom stereocenters. The first-order valence-corrected chi connectivity index (χ1v) is 13.3. The number of rotatable bonds is 3. The van der Waals surface area contributed by atoms with Crippen LogP contribution in [0, 0.1) is 24.2 Å². The van der Waals surface area contributed by atoms with Crippen molar-refractivity contribution >= 4 is 23.3 Å². The molecule has 0 unspecified atom stereocenters. The van der Waals surface area contributed by atoms with Crippen molar-refractivity contribution in [3.05, 3.63) is 53.0 Å². The van der Waals surface area contributed by atoms with Gasteiger partial charge in [-0.25, -0.2) is 4.98 Å². The van der Waals surface area contributed by atoms with Crippen molar-refractivity contribution in [2.75, 3.05) is 11.9 Å². The standard InChI is InChI=1S/C30H35N5O2/c1-20-17-21(19-32-24(20)18-23-22-12-9-15-31-26(22)33-27(23)36)11-10-16-35-28(37)25(29(2,3)4)34-30(35)13-7-5-6-8-14-30/h9,12,15,17,19,23H,5-8,13-14,16,18H2,1-4H3,(H,31,33,36)/t23-/m0/s1. The lowest BCUT2D eigenvalue weighted by molar-refractivity contribution is -0.127. The van der Waals surface area contributed by atoms with Crippen molar-refractivity contribution in [2.45, 2.75) is 84.2 Å². The molecule has 2 aromatic heterocycles. The van der Waals surface area contributed by atoms with Gasteiger partial charge in [0.2, 0.25) is 5.91 Å². The molecule has 37 heavy (non-hydrogen) atoms. The minimum absolute atomic E-state index is 0.0259. The third-order valence-electron chi connectivity index (χ3n) is 7.71. The Morgan fingerprint density at radius 1 is 1.14 bits per heavy atom. The van der Waals surface area contributed by atoms with Crippen LogP contribution in [0.15, 0.2) is 35.6 Å². The van der Waals surface area contributed by atoms with E-state index in [-0.39, 0.29) is 23.1 Å². The molecule has 1 saturated carbocycles. The van der Waals surface area contributed by atoms with Gasteiger partial charge < -0.3 is 10.2 Å². The lowest BCUT2D eigenvalue weighted by Crippen LogP contribution is -2.47. The number of pyridine rings is 2. The van der Waals surface area contributed by atoms with E-state index in [1.807, 2.05) is 30.0 Å². The highest BCUT2D eigenvalue weighted by Gasteiger charge is 2.48. The van der Waals surface area contributed by atoms with Crippen LogP contribution in [0.4, 0.5) is 5.82 Å². The summed E-state index contributed by atoms with van der Waals surface area (Å²) in [6, 6.07) is 5.80. The Labute approximate surface area is 219 Å². The molecule has 7 heteroatoms. The summed E-state index contributed by atoms with van der Waals surface area (Å²) >= 11 is 0. The normalized spacial score (nSPS) is 20.7. The molecule has 5 rings (SSSR count). The Balaban J connectivity index is 1.32.